The lowest BCUT2D eigenvalue weighted by Crippen LogP contribution is -2.49. The summed E-state index contributed by atoms with van der Waals surface area (Å²) in [7, 11) is 0. The SMILES string of the molecule is O=C(NCC1(O)CCSC1)NC1CCCC1c1ccc(F)cc1. The Bertz CT molecular complexity index is 546. The summed E-state index contributed by atoms with van der Waals surface area (Å²) in [6, 6.07) is 6.38. The monoisotopic (exact) mass is 338 g/mol. The van der Waals surface area contributed by atoms with Crippen LogP contribution >= 0.6 is 11.8 Å². The molecule has 1 heterocycles. The summed E-state index contributed by atoms with van der Waals surface area (Å²) in [5.74, 6) is 1.60. The lowest BCUT2D eigenvalue weighted by molar-refractivity contribution is 0.0698. The first kappa shape index (κ1) is 16.6. The van der Waals surface area contributed by atoms with Gasteiger partial charge >= 0.3 is 6.03 Å². The van der Waals surface area contributed by atoms with E-state index in [2.05, 4.69) is 10.6 Å². The Kier molecular flexibility index (Phi) is 5.11. The van der Waals surface area contributed by atoms with Crippen molar-refractivity contribution in [3.8, 4) is 0 Å². The predicted molar refractivity (Wildman–Crippen MR) is 90.2 cm³/mol. The second-order valence-corrected chi connectivity index (χ2v) is 7.65. The average molecular weight is 338 g/mol. The maximum atomic E-state index is 13.1. The number of carbonyl (C=O) groups excluding carboxylic acids is 1. The highest BCUT2D eigenvalue weighted by atomic mass is 32.2. The Hall–Kier alpha value is -1.27. The predicted octanol–water partition coefficient (Wildman–Crippen LogP) is 2.63. The molecule has 23 heavy (non-hydrogen) atoms. The molecule has 0 spiro atoms. The number of rotatable bonds is 4. The molecule has 1 aromatic rings. The number of amides is 2. The number of nitrogens with one attached hydrogen (secondary N) is 2. The number of halogens is 1. The van der Waals surface area contributed by atoms with Crippen molar-refractivity contribution in [3.05, 3.63) is 35.6 Å². The normalized spacial score (nSPS) is 30.3. The summed E-state index contributed by atoms with van der Waals surface area (Å²) in [5.41, 5.74) is 0.300. The van der Waals surface area contributed by atoms with E-state index < -0.39 is 5.60 Å². The standard InChI is InChI=1S/C17H23FN2O2S/c18-13-6-4-12(5-7-13)14-2-1-3-15(14)20-16(21)19-10-17(22)8-9-23-11-17/h4-7,14-15,22H,1-3,8-11H2,(H2,19,20,21). The first-order chi connectivity index (χ1) is 11.1. The van der Waals surface area contributed by atoms with Gasteiger partial charge in [-0.1, -0.05) is 18.6 Å². The molecule has 3 atom stereocenters. The molecule has 4 nitrogen and oxygen atoms in total. The topological polar surface area (TPSA) is 61.4 Å². The van der Waals surface area contributed by atoms with Crippen molar-refractivity contribution < 1.29 is 14.3 Å². The van der Waals surface area contributed by atoms with Gasteiger partial charge in [-0.2, -0.15) is 11.8 Å². The van der Waals surface area contributed by atoms with Gasteiger partial charge in [-0.05, 0) is 42.7 Å². The van der Waals surface area contributed by atoms with Crippen LogP contribution in [0.3, 0.4) is 0 Å². The highest BCUT2D eigenvalue weighted by Crippen LogP contribution is 2.34. The average Bonchev–Trinajstić information content (AvgIpc) is 3.16. The van der Waals surface area contributed by atoms with Gasteiger partial charge in [0.15, 0.2) is 0 Å². The molecule has 2 aliphatic rings. The first-order valence-corrected chi connectivity index (χ1v) is 9.31. The van der Waals surface area contributed by atoms with Crippen LogP contribution in [0.15, 0.2) is 24.3 Å². The van der Waals surface area contributed by atoms with Crippen LogP contribution in [0.1, 0.15) is 37.2 Å². The van der Waals surface area contributed by atoms with Crippen LogP contribution < -0.4 is 10.6 Å². The van der Waals surface area contributed by atoms with Crippen molar-refractivity contribution in [2.45, 2.75) is 43.2 Å². The maximum Gasteiger partial charge on any atom is 0.315 e. The van der Waals surface area contributed by atoms with Crippen molar-refractivity contribution in [2.24, 2.45) is 0 Å². The van der Waals surface area contributed by atoms with Crippen molar-refractivity contribution in [1.82, 2.24) is 10.6 Å². The minimum Gasteiger partial charge on any atom is -0.387 e. The summed E-state index contributed by atoms with van der Waals surface area (Å²) in [6.45, 7) is 0.291. The third-order valence-electron chi connectivity index (χ3n) is 4.79. The van der Waals surface area contributed by atoms with Gasteiger partial charge in [0, 0.05) is 24.3 Å². The Morgan fingerprint density at radius 1 is 1.35 bits per heavy atom. The van der Waals surface area contributed by atoms with Crippen LogP contribution in [0.5, 0.6) is 0 Å². The molecule has 1 aliphatic carbocycles. The van der Waals surface area contributed by atoms with Crippen LogP contribution in [0.2, 0.25) is 0 Å². The summed E-state index contributed by atoms with van der Waals surface area (Å²) >= 11 is 1.71. The molecular weight excluding hydrogens is 315 g/mol. The summed E-state index contributed by atoms with van der Waals surface area (Å²) in [5, 5.41) is 16.1. The number of benzene rings is 1. The molecule has 126 valence electrons. The van der Waals surface area contributed by atoms with Crippen molar-refractivity contribution in [3.63, 3.8) is 0 Å². The van der Waals surface area contributed by atoms with Gasteiger partial charge in [0.05, 0.1) is 5.60 Å². The van der Waals surface area contributed by atoms with Gasteiger partial charge in [-0.15, -0.1) is 0 Å². The lowest BCUT2D eigenvalue weighted by Gasteiger charge is -2.25. The smallest absolute Gasteiger partial charge is 0.315 e. The molecule has 1 saturated heterocycles. The van der Waals surface area contributed by atoms with Crippen molar-refractivity contribution in [2.75, 3.05) is 18.1 Å². The van der Waals surface area contributed by atoms with Crippen molar-refractivity contribution >= 4 is 17.8 Å². The lowest BCUT2D eigenvalue weighted by atomic mass is 9.94. The molecule has 0 bridgehead atoms. The Labute approximate surface area is 140 Å². The summed E-state index contributed by atoms with van der Waals surface area (Å²) < 4.78 is 13.1. The molecule has 2 amide bonds. The van der Waals surface area contributed by atoms with E-state index in [4.69, 9.17) is 0 Å². The number of carbonyl (C=O) groups is 1. The third kappa shape index (κ3) is 4.18. The quantitative estimate of drug-likeness (QED) is 0.791. The van der Waals surface area contributed by atoms with Gasteiger partial charge in [0.2, 0.25) is 0 Å². The Morgan fingerprint density at radius 2 is 2.13 bits per heavy atom. The fourth-order valence-electron chi connectivity index (χ4n) is 3.44. The molecule has 3 rings (SSSR count). The van der Waals surface area contributed by atoms with Gasteiger partial charge in [0.1, 0.15) is 5.82 Å². The molecule has 0 aromatic heterocycles. The van der Waals surface area contributed by atoms with Crippen LogP contribution in [0.4, 0.5) is 9.18 Å². The van der Waals surface area contributed by atoms with E-state index >= 15 is 0 Å². The van der Waals surface area contributed by atoms with Gasteiger partial charge in [-0.3, -0.25) is 0 Å². The molecule has 3 unspecified atom stereocenters. The highest BCUT2D eigenvalue weighted by molar-refractivity contribution is 7.99. The molecule has 2 fully saturated rings. The number of urea groups is 1. The van der Waals surface area contributed by atoms with E-state index in [-0.39, 0.29) is 23.8 Å². The first-order valence-electron chi connectivity index (χ1n) is 8.16. The molecule has 1 aliphatic heterocycles. The van der Waals surface area contributed by atoms with E-state index in [1.165, 1.54) is 12.1 Å². The van der Waals surface area contributed by atoms with Crippen LogP contribution in [0.25, 0.3) is 0 Å². The zero-order valence-corrected chi connectivity index (χ0v) is 13.9. The Morgan fingerprint density at radius 3 is 2.83 bits per heavy atom. The van der Waals surface area contributed by atoms with Gasteiger partial charge in [0.25, 0.3) is 0 Å². The van der Waals surface area contributed by atoms with E-state index in [0.29, 0.717) is 12.3 Å². The fraction of sp³-hybridized carbons (Fsp3) is 0.588. The molecule has 0 radical (unpaired) electrons. The molecule has 1 saturated carbocycles. The third-order valence-corrected chi connectivity index (χ3v) is 6.03. The second-order valence-electron chi connectivity index (χ2n) is 6.55. The minimum absolute atomic E-state index is 0.0630. The van der Waals surface area contributed by atoms with Crippen molar-refractivity contribution in [1.29, 1.82) is 0 Å². The minimum atomic E-state index is -0.770. The molecular formula is C17H23FN2O2S. The largest absolute Gasteiger partial charge is 0.387 e. The highest BCUT2D eigenvalue weighted by Gasteiger charge is 2.33. The second kappa shape index (κ2) is 7.09. The zero-order valence-electron chi connectivity index (χ0n) is 13.1. The zero-order chi connectivity index (χ0) is 16.3. The van der Waals surface area contributed by atoms with E-state index in [0.717, 1.165) is 37.0 Å². The Balaban J connectivity index is 1.53. The van der Waals surface area contributed by atoms with Gasteiger partial charge < -0.3 is 15.7 Å². The van der Waals surface area contributed by atoms with E-state index in [1.807, 2.05) is 0 Å². The number of thioether (sulfide) groups is 1. The molecule has 3 N–H and O–H groups in total. The van der Waals surface area contributed by atoms with Crippen LogP contribution in [-0.4, -0.2) is 40.8 Å². The van der Waals surface area contributed by atoms with Crippen LogP contribution in [-0.2, 0) is 0 Å². The summed E-state index contributed by atoms with van der Waals surface area (Å²) in [6.07, 6.45) is 3.69. The number of aliphatic hydroxyl groups is 1. The van der Waals surface area contributed by atoms with E-state index in [9.17, 15) is 14.3 Å². The fourth-order valence-corrected chi connectivity index (χ4v) is 4.74. The number of hydrogen-bond acceptors (Lipinski definition) is 3. The summed E-state index contributed by atoms with van der Waals surface area (Å²) in [4.78, 5) is 12.1. The molecule has 6 heteroatoms. The van der Waals surface area contributed by atoms with E-state index in [1.54, 1.807) is 23.9 Å². The maximum absolute atomic E-state index is 13.1. The number of hydrogen-bond donors (Lipinski definition) is 3. The molecule has 1 aromatic carbocycles. The van der Waals surface area contributed by atoms with Gasteiger partial charge in [-0.25, -0.2) is 9.18 Å². The van der Waals surface area contributed by atoms with Crippen LogP contribution in [0, 0.1) is 5.82 Å².